The number of halogens is 1. The van der Waals surface area contributed by atoms with Gasteiger partial charge in [-0.1, -0.05) is 0 Å². The van der Waals surface area contributed by atoms with Gasteiger partial charge >= 0.3 is 17.7 Å². The monoisotopic (exact) mass is 285 g/mol. The highest BCUT2D eigenvalue weighted by molar-refractivity contribution is 5.91. The fourth-order valence-electron chi connectivity index (χ4n) is 1.27. The van der Waals surface area contributed by atoms with E-state index in [9.17, 15) is 24.1 Å². The Balaban J connectivity index is 2.56. The Morgan fingerprint density at radius 1 is 1.45 bits per heavy atom. The summed E-state index contributed by atoms with van der Waals surface area (Å²) in [7, 11) is 0. The zero-order valence-electron chi connectivity index (χ0n) is 10.5. The quantitative estimate of drug-likeness (QED) is 0.483. The number of carbonyl (C=O) groups is 2. The first-order valence-electron chi connectivity index (χ1n) is 5.58. The van der Waals surface area contributed by atoms with Gasteiger partial charge in [-0.3, -0.25) is 14.9 Å². The highest BCUT2D eigenvalue weighted by Crippen LogP contribution is 2.20. The predicted molar refractivity (Wildman–Crippen MR) is 66.7 cm³/mol. The van der Waals surface area contributed by atoms with Crippen molar-refractivity contribution in [3.8, 4) is 0 Å². The molecule has 108 valence electrons. The molecule has 0 aliphatic heterocycles. The number of esters is 1. The van der Waals surface area contributed by atoms with E-state index in [2.05, 4.69) is 15.4 Å². The van der Waals surface area contributed by atoms with Gasteiger partial charge in [0.2, 0.25) is 5.82 Å². The van der Waals surface area contributed by atoms with Crippen LogP contribution in [0.15, 0.2) is 18.2 Å². The fourth-order valence-corrected chi connectivity index (χ4v) is 1.27. The molecule has 1 rings (SSSR count). The molecular formula is C11H12FN3O5. The van der Waals surface area contributed by atoms with Crippen LogP contribution in [0, 0.1) is 15.9 Å². The lowest BCUT2D eigenvalue weighted by molar-refractivity contribution is -0.387. The number of ether oxygens (including phenoxy) is 1. The molecule has 0 saturated carbocycles. The van der Waals surface area contributed by atoms with Crippen molar-refractivity contribution in [2.45, 2.75) is 6.92 Å². The third kappa shape index (κ3) is 4.52. The van der Waals surface area contributed by atoms with Crippen LogP contribution in [0.1, 0.15) is 6.92 Å². The van der Waals surface area contributed by atoms with E-state index in [-0.39, 0.29) is 18.8 Å². The average Bonchev–Trinajstić information content (AvgIpc) is 2.36. The molecule has 0 bridgehead atoms. The topological polar surface area (TPSA) is 111 Å². The van der Waals surface area contributed by atoms with Crippen LogP contribution in [-0.4, -0.2) is 30.1 Å². The summed E-state index contributed by atoms with van der Waals surface area (Å²) in [6, 6.07) is 2.15. The maximum Gasteiger partial charge on any atom is 0.325 e. The second-order valence-electron chi connectivity index (χ2n) is 3.54. The number of nitro groups is 1. The first-order chi connectivity index (χ1) is 9.43. The number of anilines is 1. The van der Waals surface area contributed by atoms with Gasteiger partial charge in [0.05, 0.1) is 11.5 Å². The third-order valence-corrected chi connectivity index (χ3v) is 2.10. The highest BCUT2D eigenvalue weighted by atomic mass is 19.1. The molecule has 2 amide bonds. The van der Waals surface area contributed by atoms with E-state index in [0.717, 1.165) is 12.1 Å². The molecule has 20 heavy (non-hydrogen) atoms. The smallest absolute Gasteiger partial charge is 0.325 e. The summed E-state index contributed by atoms with van der Waals surface area (Å²) in [5, 5.41) is 14.8. The summed E-state index contributed by atoms with van der Waals surface area (Å²) >= 11 is 0. The van der Waals surface area contributed by atoms with Crippen LogP contribution in [0.2, 0.25) is 0 Å². The van der Waals surface area contributed by atoms with Gasteiger partial charge in [-0.15, -0.1) is 0 Å². The van der Waals surface area contributed by atoms with Gasteiger partial charge in [0.25, 0.3) is 0 Å². The van der Waals surface area contributed by atoms with Gasteiger partial charge in [-0.25, -0.2) is 4.79 Å². The van der Waals surface area contributed by atoms with Crippen LogP contribution in [0.25, 0.3) is 0 Å². The number of amides is 2. The Hall–Kier alpha value is -2.71. The number of benzene rings is 1. The third-order valence-electron chi connectivity index (χ3n) is 2.10. The summed E-state index contributed by atoms with van der Waals surface area (Å²) < 4.78 is 17.9. The van der Waals surface area contributed by atoms with Crippen LogP contribution in [0.4, 0.5) is 20.6 Å². The molecule has 8 nitrogen and oxygen atoms in total. The molecule has 0 atom stereocenters. The first kappa shape index (κ1) is 15.3. The van der Waals surface area contributed by atoms with E-state index in [1.54, 1.807) is 6.92 Å². The number of rotatable bonds is 5. The molecule has 0 saturated heterocycles. The minimum atomic E-state index is -1.07. The molecular weight excluding hydrogens is 273 g/mol. The number of nitrogens with zero attached hydrogens (tertiary/aromatic N) is 1. The van der Waals surface area contributed by atoms with Gasteiger partial charge in [-0.05, 0) is 13.0 Å². The normalized spacial score (nSPS) is 9.70. The largest absolute Gasteiger partial charge is 0.465 e. The predicted octanol–water partition coefficient (Wildman–Crippen LogP) is 1.42. The van der Waals surface area contributed by atoms with Crippen LogP contribution >= 0.6 is 0 Å². The summed E-state index contributed by atoms with van der Waals surface area (Å²) in [6.45, 7) is 1.47. The number of nitrogens with one attached hydrogen (secondary N) is 2. The first-order valence-corrected chi connectivity index (χ1v) is 5.58. The van der Waals surface area contributed by atoms with Crippen LogP contribution in [0.3, 0.4) is 0 Å². The molecule has 9 heteroatoms. The van der Waals surface area contributed by atoms with Crippen molar-refractivity contribution in [2.24, 2.45) is 0 Å². The molecule has 0 heterocycles. The van der Waals surface area contributed by atoms with Crippen molar-refractivity contribution in [1.82, 2.24) is 5.32 Å². The van der Waals surface area contributed by atoms with Crippen molar-refractivity contribution < 1.29 is 23.6 Å². The lowest BCUT2D eigenvalue weighted by atomic mass is 10.2. The molecule has 1 aromatic rings. The second-order valence-corrected chi connectivity index (χ2v) is 3.54. The standard InChI is InChI=1S/C11H12FN3O5/c1-2-20-10(16)6-13-11(17)14-7-3-4-9(15(18)19)8(12)5-7/h3-5H,2,6H2,1H3,(H2,13,14,17). The fraction of sp³-hybridized carbons (Fsp3) is 0.273. The van der Waals surface area contributed by atoms with Gasteiger partial charge in [0, 0.05) is 17.8 Å². The minimum absolute atomic E-state index is 0.0226. The zero-order valence-corrected chi connectivity index (χ0v) is 10.5. The molecule has 0 radical (unpaired) electrons. The number of carbonyl (C=O) groups excluding carboxylic acids is 2. The van der Waals surface area contributed by atoms with E-state index in [1.807, 2.05) is 0 Å². The van der Waals surface area contributed by atoms with E-state index in [4.69, 9.17) is 0 Å². The number of nitro benzene ring substituents is 1. The molecule has 0 aliphatic rings. The molecule has 0 unspecified atom stereocenters. The molecule has 0 aliphatic carbocycles. The van der Waals surface area contributed by atoms with Crippen molar-refractivity contribution in [3.05, 3.63) is 34.1 Å². The van der Waals surface area contributed by atoms with Crippen LogP contribution in [-0.2, 0) is 9.53 Å². The lowest BCUT2D eigenvalue weighted by Gasteiger charge is -2.07. The van der Waals surface area contributed by atoms with Gasteiger partial charge in [-0.2, -0.15) is 4.39 Å². The molecule has 0 aromatic heterocycles. The second kappa shape index (κ2) is 7.02. The maximum absolute atomic E-state index is 13.3. The maximum atomic E-state index is 13.3. The van der Waals surface area contributed by atoms with E-state index >= 15 is 0 Å². The van der Waals surface area contributed by atoms with E-state index in [1.165, 1.54) is 6.07 Å². The number of hydrogen-bond acceptors (Lipinski definition) is 5. The van der Waals surface area contributed by atoms with Gasteiger partial charge in [0.1, 0.15) is 6.54 Å². The van der Waals surface area contributed by atoms with E-state index < -0.39 is 28.4 Å². The average molecular weight is 285 g/mol. The van der Waals surface area contributed by atoms with Gasteiger partial charge < -0.3 is 15.4 Å². The summed E-state index contributed by atoms with van der Waals surface area (Å²) in [5.41, 5.74) is -0.669. The molecule has 0 fully saturated rings. The zero-order chi connectivity index (χ0) is 15.1. The Kier molecular flexibility index (Phi) is 5.39. The lowest BCUT2D eigenvalue weighted by Crippen LogP contribution is -2.34. The molecule has 1 aromatic carbocycles. The van der Waals surface area contributed by atoms with Crippen molar-refractivity contribution in [1.29, 1.82) is 0 Å². The van der Waals surface area contributed by atoms with E-state index in [0.29, 0.717) is 0 Å². The number of urea groups is 1. The Labute approximate surface area is 113 Å². The minimum Gasteiger partial charge on any atom is -0.465 e. The Morgan fingerprint density at radius 3 is 2.70 bits per heavy atom. The van der Waals surface area contributed by atoms with Crippen molar-refractivity contribution in [2.75, 3.05) is 18.5 Å². The highest BCUT2D eigenvalue weighted by Gasteiger charge is 2.14. The SMILES string of the molecule is CCOC(=O)CNC(=O)Nc1ccc([N+](=O)[O-])c(F)c1. The Bertz CT molecular complexity index is 535. The van der Waals surface area contributed by atoms with Crippen molar-refractivity contribution in [3.63, 3.8) is 0 Å². The Morgan fingerprint density at radius 2 is 2.15 bits per heavy atom. The van der Waals surface area contributed by atoms with Crippen LogP contribution in [0.5, 0.6) is 0 Å². The summed E-state index contributed by atoms with van der Waals surface area (Å²) in [4.78, 5) is 31.9. The number of hydrogen-bond donors (Lipinski definition) is 2. The van der Waals surface area contributed by atoms with Gasteiger partial charge in [0.15, 0.2) is 0 Å². The van der Waals surface area contributed by atoms with Crippen molar-refractivity contribution >= 4 is 23.4 Å². The van der Waals surface area contributed by atoms with Crippen LogP contribution < -0.4 is 10.6 Å². The molecule has 0 spiro atoms. The summed E-state index contributed by atoms with van der Waals surface area (Å²) in [6.07, 6.45) is 0. The summed E-state index contributed by atoms with van der Waals surface area (Å²) in [5.74, 6) is -1.68. The molecule has 2 N–H and O–H groups in total.